The van der Waals surface area contributed by atoms with Gasteiger partial charge in [0.15, 0.2) is 11.3 Å². The first-order valence-corrected chi connectivity index (χ1v) is 13.1. The first kappa shape index (κ1) is 25.1. The third kappa shape index (κ3) is 4.42. The minimum Gasteiger partial charge on any atom is -0.391 e. The number of thiazole rings is 1. The third-order valence-corrected chi connectivity index (χ3v) is 8.12. The molecular weight excluding hydrogens is 494 g/mol. The van der Waals surface area contributed by atoms with E-state index in [0.717, 1.165) is 21.7 Å². The van der Waals surface area contributed by atoms with Crippen molar-refractivity contribution in [1.29, 1.82) is 0 Å². The molecule has 0 spiro atoms. The van der Waals surface area contributed by atoms with Gasteiger partial charge in [-0.2, -0.15) is 5.16 Å². The third-order valence-electron chi connectivity index (χ3n) is 7.14. The number of H-pyrrole nitrogens is 1. The molecule has 5 rings (SSSR count). The highest BCUT2D eigenvalue weighted by molar-refractivity contribution is 7.13. The predicted molar refractivity (Wildman–Crippen MR) is 138 cm³/mol. The number of rotatable bonds is 6. The molecule has 2 aliphatic rings. The number of likely N-dealkylation sites (tertiary alicyclic amines) is 1. The summed E-state index contributed by atoms with van der Waals surface area (Å²) < 4.78 is 5.26. The molecule has 0 radical (unpaired) electrons. The average Bonchev–Trinajstić information content (AvgIpc) is 3.62. The van der Waals surface area contributed by atoms with Crippen molar-refractivity contribution >= 4 is 29.0 Å². The first-order chi connectivity index (χ1) is 17.6. The number of carbonyl (C=O) groups is 2. The van der Waals surface area contributed by atoms with E-state index in [0.29, 0.717) is 5.84 Å². The van der Waals surface area contributed by atoms with E-state index in [2.05, 4.69) is 15.5 Å². The molecule has 0 aliphatic carbocycles. The SMILES string of the molecule is Cc1ncsc1-c1ccc([C@]2(C)N=C(C3C[C@@H](O)CN3C(=O)C(c3cc(=O)[nH]o3)C(C)C)NC2=O)cc1. The molecule has 2 unspecified atom stereocenters. The molecule has 1 fully saturated rings. The second kappa shape index (κ2) is 9.38. The fraction of sp³-hybridized carbons (Fsp3) is 0.423. The van der Waals surface area contributed by atoms with Gasteiger partial charge >= 0.3 is 0 Å². The molecule has 0 saturated carbocycles. The van der Waals surface area contributed by atoms with Crippen molar-refractivity contribution < 1.29 is 19.2 Å². The van der Waals surface area contributed by atoms with Crippen LogP contribution in [0.5, 0.6) is 0 Å². The fourth-order valence-electron chi connectivity index (χ4n) is 5.12. The van der Waals surface area contributed by atoms with Crippen molar-refractivity contribution in [2.75, 3.05) is 6.54 Å². The van der Waals surface area contributed by atoms with Crippen molar-refractivity contribution in [2.24, 2.45) is 10.9 Å². The Bertz CT molecular complexity index is 1420. The second-order valence-electron chi connectivity index (χ2n) is 10.1. The molecule has 1 saturated heterocycles. The molecule has 10 nitrogen and oxygen atoms in total. The number of carbonyl (C=O) groups excluding carboxylic acids is 2. The number of hydrogen-bond donors (Lipinski definition) is 3. The first-order valence-electron chi connectivity index (χ1n) is 12.2. The van der Waals surface area contributed by atoms with Crippen LogP contribution < -0.4 is 10.9 Å². The molecule has 2 amide bonds. The molecule has 2 aromatic heterocycles. The zero-order chi connectivity index (χ0) is 26.5. The molecule has 3 N–H and O–H groups in total. The van der Waals surface area contributed by atoms with Crippen LogP contribution in [0.25, 0.3) is 10.4 Å². The molecule has 4 heterocycles. The lowest BCUT2D eigenvalue weighted by atomic mass is 9.91. The summed E-state index contributed by atoms with van der Waals surface area (Å²) in [5.74, 6) is -0.903. The summed E-state index contributed by atoms with van der Waals surface area (Å²) in [5.41, 5.74) is 2.89. The highest BCUT2D eigenvalue weighted by atomic mass is 32.1. The molecule has 194 valence electrons. The van der Waals surface area contributed by atoms with E-state index in [1.807, 2.05) is 45.0 Å². The molecule has 1 aromatic carbocycles. The van der Waals surface area contributed by atoms with E-state index in [4.69, 9.17) is 9.52 Å². The van der Waals surface area contributed by atoms with Crippen LogP contribution >= 0.6 is 11.3 Å². The Hall–Kier alpha value is -3.57. The number of nitrogens with zero attached hydrogens (tertiary/aromatic N) is 3. The van der Waals surface area contributed by atoms with Gasteiger partial charge in [-0.15, -0.1) is 11.3 Å². The number of aliphatic hydroxyl groups is 1. The van der Waals surface area contributed by atoms with Gasteiger partial charge in [-0.3, -0.25) is 14.4 Å². The van der Waals surface area contributed by atoms with Gasteiger partial charge in [0.25, 0.3) is 11.5 Å². The monoisotopic (exact) mass is 523 g/mol. The highest BCUT2D eigenvalue weighted by Crippen LogP contribution is 2.36. The normalized spacial score (nSPS) is 24.4. The van der Waals surface area contributed by atoms with Gasteiger partial charge in [-0.25, -0.2) is 9.98 Å². The van der Waals surface area contributed by atoms with Gasteiger partial charge in [0.05, 0.1) is 28.2 Å². The maximum Gasteiger partial charge on any atom is 0.280 e. The summed E-state index contributed by atoms with van der Waals surface area (Å²) in [6.07, 6.45) is -0.528. The lowest BCUT2D eigenvalue weighted by molar-refractivity contribution is -0.134. The summed E-state index contributed by atoms with van der Waals surface area (Å²) in [4.78, 5) is 50.2. The number of aromatic amines is 1. The summed E-state index contributed by atoms with van der Waals surface area (Å²) in [5, 5.41) is 15.6. The van der Waals surface area contributed by atoms with Gasteiger partial charge < -0.3 is 19.8 Å². The van der Waals surface area contributed by atoms with E-state index in [9.17, 15) is 19.5 Å². The van der Waals surface area contributed by atoms with E-state index in [-0.39, 0.29) is 36.5 Å². The van der Waals surface area contributed by atoms with Crippen LogP contribution in [0, 0.1) is 12.8 Å². The Balaban J connectivity index is 1.44. The number of β-amino-alcohol motifs (C(OH)–C–C–N with tert-alkyl or cyclic N) is 1. The van der Waals surface area contributed by atoms with Gasteiger partial charge in [0, 0.05) is 19.0 Å². The molecule has 2 aliphatic heterocycles. The van der Waals surface area contributed by atoms with E-state index >= 15 is 0 Å². The molecule has 3 aromatic rings. The maximum atomic E-state index is 13.7. The summed E-state index contributed by atoms with van der Waals surface area (Å²) in [6, 6.07) is 8.34. The minimum atomic E-state index is -1.18. The van der Waals surface area contributed by atoms with Crippen molar-refractivity contribution in [3.8, 4) is 10.4 Å². The van der Waals surface area contributed by atoms with Crippen LogP contribution in [0.15, 0.2) is 50.2 Å². The van der Waals surface area contributed by atoms with E-state index in [1.54, 1.807) is 23.8 Å². The van der Waals surface area contributed by atoms with Crippen LogP contribution in [0.1, 0.15) is 50.1 Å². The molecule has 0 bridgehead atoms. The molecule has 37 heavy (non-hydrogen) atoms. The Morgan fingerprint density at radius 1 is 1.27 bits per heavy atom. The zero-order valence-electron chi connectivity index (χ0n) is 21.0. The van der Waals surface area contributed by atoms with Crippen LogP contribution in [0.2, 0.25) is 0 Å². The topological polar surface area (TPSA) is 141 Å². The smallest absolute Gasteiger partial charge is 0.280 e. The number of aromatic nitrogens is 2. The Morgan fingerprint density at radius 3 is 2.59 bits per heavy atom. The lowest BCUT2D eigenvalue weighted by Gasteiger charge is -2.29. The number of aliphatic imine (C=N–C) groups is 1. The lowest BCUT2D eigenvalue weighted by Crippen LogP contribution is -2.48. The number of benzene rings is 1. The van der Waals surface area contributed by atoms with Crippen molar-refractivity contribution in [1.82, 2.24) is 20.4 Å². The van der Waals surface area contributed by atoms with Gasteiger partial charge in [-0.05, 0) is 30.9 Å². The van der Waals surface area contributed by atoms with Crippen LogP contribution in [0.3, 0.4) is 0 Å². The summed E-state index contributed by atoms with van der Waals surface area (Å²) in [7, 11) is 0. The summed E-state index contributed by atoms with van der Waals surface area (Å²) >= 11 is 1.56. The molecule has 11 heteroatoms. The standard InChI is InChI=1S/C26H29N5O5S/c1-13(2)21(19-10-20(33)30-36-19)24(34)31-11-17(32)9-18(31)23-28-25(35)26(4,29-23)16-7-5-15(6-8-16)22-14(3)27-12-37-22/h5-8,10,12-13,17-18,21,32H,9,11H2,1-4H3,(H,30,33)(H,28,29,35)/t17-,18?,21?,26+/m1/s1. The Morgan fingerprint density at radius 2 is 2.00 bits per heavy atom. The fourth-order valence-corrected chi connectivity index (χ4v) is 5.93. The summed E-state index contributed by atoms with van der Waals surface area (Å²) in [6.45, 7) is 7.51. The van der Waals surface area contributed by atoms with Gasteiger partial charge in [-0.1, -0.05) is 38.1 Å². The van der Waals surface area contributed by atoms with E-state index < -0.39 is 29.2 Å². The number of nitrogens with one attached hydrogen (secondary N) is 2. The number of hydrogen-bond acceptors (Lipinski definition) is 8. The number of amidine groups is 1. The molecule has 4 atom stereocenters. The van der Waals surface area contributed by atoms with Crippen molar-refractivity contribution in [3.05, 3.63) is 63.2 Å². The average molecular weight is 524 g/mol. The van der Waals surface area contributed by atoms with Gasteiger partial charge in [0.2, 0.25) is 5.91 Å². The minimum absolute atomic E-state index is 0.0931. The van der Waals surface area contributed by atoms with Crippen molar-refractivity contribution in [2.45, 2.75) is 57.7 Å². The van der Waals surface area contributed by atoms with Gasteiger partial charge in [0.1, 0.15) is 11.8 Å². The second-order valence-corrected chi connectivity index (χ2v) is 11.0. The van der Waals surface area contributed by atoms with Crippen LogP contribution in [-0.2, 0) is 15.1 Å². The zero-order valence-corrected chi connectivity index (χ0v) is 21.8. The molecular formula is C26H29N5O5S. The largest absolute Gasteiger partial charge is 0.391 e. The Labute approximate surface area is 217 Å². The van der Waals surface area contributed by atoms with Crippen LogP contribution in [-0.4, -0.2) is 56.5 Å². The predicted octanol–water partition coefficient (Wildman–Crippen LogP) is 2.54. The Kier molecular flexibility index (Phi) is 6.36. The number of aryl methyl sites for hydroxylation is 1. The number of aliphatic hydroxyl groups excluding tert-OH is 1. The van der Waals surface area contributed by atoms with Crippen molar-refractivity contribution in [3.63, 3.8) is 0 Å². The van der Waals surface area contributed by atoms with E-state index in [1.165, 1.54) is 11.0 Å². The highest BCUT2D eigenvalue weighted by Gasteiger charge is 2.48. The number of amides is 2. The quantitative estimate of drug-likeness (QED) is 0.454. The maximum absolute atomic E-state index is 13.7. The van der Waals surface area contributed by atoms with Crippen LogP contribution in [0.4, 0.5) is 0 Å².